The lowest BCUT2D eigenvalue weighted by Gasteiger charge is -2.26. The molecule has 7 nitrogen and oxygen atoms in total. The van der Waals surface area contributed by atoms with Crippen LogP contribution in [0.5, 0.6) is 0 Å². The number of hydrogen-bond acceptors (Lipinski definition) is 4. The molecule has 3 rings (SSSR count). The molecule has 1 saturated carbocycles. The number of nitrogens with zero attached hydrogens (tertiary/aromatic N) is 3. The number of guanidine groups is 1. The Morgan fingerprint density at radius 1 is 1.23 bits per heavy atom. The lowest BCUT2D eigenvalue weighted by Crippen LogP contribution is -2.43. The van der Waals surface area contributed by atoms with Crippen LogP contribution in [0.3, 0.4) is 0 Å². The van der Waals surface area contributed by atoms with Crippen molar-refractivity contribution in [1.29, 1.82) is 0 Å². The van der Waals surface area contributed by atoms with Gasteiger partial charge in [-0.05, 0) is 37.4 Å². The van der Waals surface area contributed by atoms with Crippen molar-refractivity contribution in [1.82, 2.24) is 20.4 Å². The van der Waals surface area contributed by atoms with Crippen molar-refractivity contribution in [2.24, 2.45) is 4.99 Å². The van der Waals surface area contributed by atoms with Gasteiger partial charge in [0, 0.05) is 51.8 Å². The second kappa shape index (κ2) is 10.9. The van der Waals surface area contributed by atoms with Gasteiger partial charge in [0.1, 0.15) is 18.2 Å². The SMILES string of the molecule is CN(C)C(=O)CN=C(NCCCN1CCOCC1)NCC1(c2ccc(F)cc2F)CC1. The van der Waals surface area contributed by atoms with Crippen LogP contribution in [0.1, 0.15) is 24.8 Å². The van der Waals surface area contributed by atoms with Gasteiger partial charge >= 0.3 is 0 Å². The van der Waals surface area contributed by atoms with Gasteiger partial charge in [0.2, 0.25) is 5.91 Å². The third kappa shape index (κ3) is 6.87. The van der Waals surface area contributed by atoms with Gasteiger partial charge in [-0.1, -0.05) is 6.07 Å². The molecule has 31 heavy (non-hydrogen) atoms. The number of nitrogens with one attached hydrogen (secondary N) is 2. The number of hydrogen-bond donors (Lipinski definition) is 2. The number of likely N-dealkylation sites (N-methyl/N-ethyl adjacent to an activating group) is 1. The zero-order chi connectivity index (χ0) is 22.3. The molecule has 1 saturated heterocycles. The van der Waals surface area contributed by atoms with Gasteiger partial charge in [0.05, 0.1) is 13.2 Å². The van der Waals surface area contributed by atoms with Gasteiger partial charge < -0.3 is 20.3 Å². The molecule has 2 aliphatic rings. The number of benzene rings is 1. The first-order valence-corrected chi connectivity index (χ1v) is 10.9. The maximum Gasteiger partial charge on any atom is 0.243 e. The molecule has 0 spiro atoms. The molecule has 1 amide bonds. The third-order valence-corrected chi connectivity index (χ3v) is 5.87. The maximum atomic E-state index is 14.3. The molecule has 1 heterocycles. The van der Waals surface area contributed by atoms with Crippen LogP contribution in [0, 0.1) is 11.6 Å². The summed E-state index contributed by atoms with van der Waals surface area (Å²) in [5.41, 5.74) is 0.164. The fraction of sp³-hybridized carbons (Fsp3) is 0.636. The quantitative estimate of drug-likeness (QED) is 0.347. The highest BCUT2D eigenvalue weighted by molar-refractivity contribution is 5.84. The van der Waals surface area contributed by atoms with Crippen LogP contribution in [0.25, 0.3) is 0 Å². The van der Waals surface area contributed by atoms with E-state index in [4.69, 9.17) is 4.74 Å². The van der Waals surface area contributed by atoms with Crippen LogP contribution in [0.15, 0.2) is 23.2 Å². The normalized spacial score (nSPS) is 18.5. The molecule has 1 aliphatic carbocycles. The number of ether oxygens (including phenoxy) is 1. The van der Waals surface area contributed by atoms with Gasteiger partial charge in [-0.2, -0.15) is 0 Å². The lowest BCUT2D eigenvalue weighted by molar-refractivity contribution is -0.127. The van der Waals surface area contributed by atoms with Crippen LogP contribution in [0.4, 0.5) is 8.78 Å². The minimum Gasteiger partial charge on any atom is -0.379 e. The van der Waals surface area contributed by atoms with E-state index in [1.54, 1.807) is 14.1 Å². The average molecular weight is 438 g/mol. The Bertz CT molecular complexity index is 777. The van der Waals surface area contributed by atoms with E-state index in [1.165, 1.54) is 17.0 Å². The van der Waals surface area contributed by atoms with Crippen molar-refractivity contribution < 1.29 is 18.3 Å². The summed E-state index contributed by atoms with van der Waals surface area (Å²) in [6.45, 7) is 5.62. The molecule has 2 fully saturated rings. The van der Waals surface area contributed by atoms with Crippen molar-refractivity contribution >= 4 is 11.9 Å². The van der Waals surface area contributed by atoms with E-state index in [-0.39, 0.29) is 17.9 Å². The number of amides is 1. The molecule has 172 valence electrons. The van der Waals surface area contributed by atoms with Crippen molar-refractivity contribution in [2.45, 2.75) is 24.7 Å². The Morgan fingerprint density at radius 2 is 1.97 bits per heavy atom. The summed E-state index contributed by atoms with van der Waals surface area (Å²) >= 11 is 0. The van der Waals surface area contributed by atoms with Crippen LogP contribution in [-0.4, -0.2) is 88.2 Å². The van der Waals surface area contributed by atoms with Gasteiger partial charge in [-0.15, -0.1) is 0 Å². The van der Waals surface area contributed by atoms with Gasteiger partial charge in [0.25, 0.3) is 0 Å². The highest BCUT2D eigenvalue weighted by Gasteiger charge is 2.46. The Kier molecular flexibility index (Phi) is 8.20. The molecular weight excluding hydrogens is 404 g/mol. The topological polar surface area (TPSA) is 69.2 Å². The smallest absolute Gasteiger partial charge is 0.243 e. The second-order valence-electron chi connectivity index (χ2n) is 8.45. The van der Waals surface area contributed by atoms with Gasteiger partial charge in [-0.3, -0.25) is 9.69 Å². The zero-order valence-electron chi connectivity index (χ0n) is 18.4. The van der Waals surface area contributed by atoms with E-state index in [0.717, 1.165) is 58.2 Å². The number of rotatable bonds is 9. The minimum absolute atomic E-state index is 0.0315. The number of carbonyl (C=O) groups excluding carboxylic acids is 1. The Morgan fingerprint density at radius 3 is 2.61 bits per heavy atom. The van der Waals surface area contributed by atoms with Crippen molar-refractivity contribution in [2.75, 3.05) is 66.6 Å². The molecular formula is C22H33F2N5O2. The molecule has 0 radical (unpaired) electrons. The Balaban J connectivity index is 1.55. The summed E-state index contributed by atoms with van der Waals surface area (Å²) in [5, 5.41) is 6.56. The van der Waals surface area contributed by atoms with Gasteiger partial charge in [0.15, 0.2) is 5.96 Å². The standard InChI is InChI=1S/C22H33F2N5O2/c1-28(2)20(30)15-26-21(25-8-3-9-29-10-12-31-13-11-29)27-16-22(6-7-22)18-5-4-17(23)14-19(18)24/h4-5,14H,3,6-13,15-16H2,1-2H3,(H2,25,26,27). The van der Waals surface area contributed by atoms with Crippen LogP contribution >= 0.6 is 0 Å². The Hall–Kier alpha value is -2.26. The predicted molar refractivity (Wildman–Crippen MR) is 116 cm³/mol. The summed E-state index contributed by atoms with van der Waals surface area (Å²) in [4.78, 5) is 20.2. The van der Waals surface area contributed by atoms with Crippen LogP contribution < -0.4 is 10.6 Å². The summed E-state index contributed by atoms with van der Waals surface area (Å²) in [7, 11) is 3.38. The first kappa shape index (κ1) is 23.4. The van der Waals surface area contributed by atoms with Crippen LogP contribution in [0.2, 0.25) is 0 Å². The molecule has 0 atom stereocenters. The molecule has 1 aromatic carbocycles. The van der Waals surface area contributed by atoms with E-state index < -0.39 is 11.6 Å². The third-order valence-electron chi connectivity index (χ3n) is 5.87. The van der Waals surface area contributed by atoms with Crippen molar-refractivity contribution in [3.63, 3.8) is 0 Å². The van der Waals surface area contributed by atoms with E-state index in [2.05, 4.69) is 20.5 Å². The highest BCUT2D eigenvalue weighted by Crippen LogP contribution is 2.48. The molecule has 0 aromatic heterocycles. The van der Waals surface area contributed by atoms with E-state index in [9.17, 15) is 13.6 Å². The number of carbonyl (C=O) groups is 1. The number of morpholine rings is 1. The summed E-state index contributed by atoms with van der Waals surface area (Å²) < 4.78 is 33.0. The molecule has 9 heteroatoms. The van der Waals surface area contributed by atoms with E-state index in [1.807, 2.05) is 0 Å². The predicted octanol–water partition coefficient (Wildman–Crippen LogP) is 1.34. The average Bonchev–Trinajstić information content (AvgIpc) is 3.53. The molecule has 1 aliphatic heterocycles. The van der Waals surface area contributed by atoms with E-state index >= 15 is 0 Å². The van der Waals surface area contributed by atoms with Crippen molar-refractivity contribution in [3.05, 3.63) is 35.4 Å². The molecule has 0 unspecified atom stereocenters. The first-order chi connectivity index (χ1) is 14.9. The highest BCUT2D eigenvalue weighted by atomic mass is 19.1. The minimum atomic E-state index is -0.573. The summed E-state index contributed by atoms with van der Waals surface area (Å²) in [6, 6.07) is 3.76. The van der Waals surface area contributed by atoms with Gasteiger partial charge in [-0.25, -0.2) is 13.8 Å². The van der Waals surface area contributed by atoms with Crippen molar-refractivity contribution in [3.8, 4) is 0 Å². The maximum absolute atomic E-state index is 14.3. The molecule has 2 N–H and O–H groups in total. The number of halogens is 2. The Labute approximate surface area is 182 Å². The monoisotopic (exact) mass is 437 g/mol. The number of aliphatic imine (C=N–C) groups is 1. The lowest BCUT2D eigenvalue weighted by atomic mass is 9.95. The second-order valence-corrected chi connectivity index (χ2v) is 8.45. The first-order valence-electron chi connectivity index (χ1n) is 10.9. The largest absolute Gasteiger partial charge is 0.379 e. The summed E-state index contributed by atoms with van der Waals surface area (Å²) in [6.07, 6.45) is 2.58. The molecule has 1 aromatic rings. The fourth-order valence-electron chi connectivity index (χ4n) is 3.66. The fourth-order valence-corrected chi connectivity index (χ4v) is 3.66. The van der Waals surface area contributed by atoms with Crippen LogP contribution in [-0.2, 0) is 14.9 Å². The zero-order valence-corrected chi connectivity index (χ0v) is 18.4. The molecule has 0 bridgehead atoms. The van der Waals surface area contributed by atoms with E-state index in [0.29, 0.717) is 24.6 Å². The summed E-state index contributed by atoms with van der Waals surface area (Å²) in [5.74, 6) is -0.651.